The Kier molecular flexibility index (Phi) is 3.40. The lowest BCUT2D eigenvalue weighted by Crippen LogP contribution is -2.00. The first-order valence-electron chi connectivity index (χ1n) is 3.67. The molecule has 78 valence electrons. The van der Waals surface area contributed by atoms with Crippen molar-refractivity contribution in [2.75, 3.05) is 0 Å². The third-order valence-corrected chi connectivity index (χ3v) is 3.12. The molecule has 2 nitrogen and oxygen atoms in total. The summed E-state index contributed by atoms with van der Waals surface area (Å²) in [6.07, 6.45) is 0. The van der Waals surface area contributed by atoms with E-state index in [4.69, 9.17) is 22.3 Å². The monoisotopic (exact) mass is 256 g/mol. The van der Waals surface area contributed by atoms with Crippen LogP contribution in [0.5, 0.6) is 0 Å². The highest BCUT2D eigenvalue weighted by Gasteiger charge is 2.15. The van der Waals surface area contributed by atoms with E-state index in [2.05, 4.69) is 0 Å². The lowest BCUT2D eigenvalue weighted by Gasteiger charge is -2.06. The molecule has 0 amide bonds. The van der Waals surface area contributed by atoms with Crippen LogP contribution < -0.4 is 0 Å². The molecule has 0 radical (unpaired) electrons. The number of aryl methyl sites for hydroxylation is 1. The first-order valence-corrected chi connectivity index (χ1v) is 6.52. The van der Waals surface area contributed by atoms with Crippen molar-refractivity contribution in [3.8, 4) is 0 Å². The van der Waals surface area contributed by atoms with Gasteiger partial charge in [0, 0.05) is 10.7 Å². The van der Waals surface area contributed by atoms with Gasteiger partial charge >= 0.3 is 0 Å². The topological polar surface area (TPSA) is 34.1 Å². The van der Waals surface area contributed by atoms with Gasteiger partial charge in [0.05, 0.1) is 10.8 Å². The number of hydrogen-bond acceptors (Lipinski definition) is 2. The zero-order valence-corrected chi connectivity index (χ0v) is 9.55. The van der Waals surface area contributed by atoms with Crippen molar-refractivity contribution in [1.29, 1.82) is 0 Å². The van der Waals surface area contributed by atoms with Gasteiger partial charge in [-0.1, -0.05) is 17.7 Å². The molecule has 0 aliphatic rings. The molecule has 0 unspecified atom stereocenters. The highest BCUT2D eigenvalue weighted by molar-refractivity contribution is 8.13. The van der Waals surface area contributed by atoms with Crippen molar-refractivity contribution in [2.45, 2.75) is 12.7 Å². The summed E-state index contributed by atoms with van der Waals surface area (Å²) in [7, 11) is 1.34. The van der Waals surface area contributed by atoms with Crippen LogP contribution in [-0.2, 0) is 14.8 Å². The highest BCUT2D eigenvalue weighted by Crippen LogP contribution is 2.25. The Hall–Kier alpha value is -0.320. The Morgan fingerprint density at radius 2 is 2.00 bits per heavy atom. The van der Waals surface area contributed by atoms with E-state index in [1.807, 2.05) is 0 Å². The van der Waals surface area contributed by atoms with Crippen LogP contribution in [0.25, 0.3) is 0 Å². The van der Waals surface area contributed by atoms with Gasteiger partial charge in [-0.3, -0.25) is 0 Å². The highest BCUT2D eigenvalue weighted by atomic mass is 35.7. The van der Waals surface area contributed by atoms with Crippen LogP contribution in [0, 0.1) is 12.7 Å². The van der Waals surface area contributed by atoms with Crippen LogP contribution in [0.2, 0.25) is 5.02 Å². The largest absolute Gasteiger partial charge is 0.236 e. The standard InChI is InChI=1S/C8H7Cl2FO2S/c1-5-2-3-7(11)8(9)6(5)4-14(10,12)13/h2-3H,4H2,1H3. The fourth-order valence-corrected chi connectivity index (χ4v) is 2.44. The van der Waals surface area contributed by atoms with E-state index < -0.39 is 20.6 Å². The second-order valence-electron chi connectivity index (χ2n) is 2.84. The summed E-state index contributed by atoms with van der Waals surface area (Å²) < 4.78 is 34.6. The quantitative estimate of drug-likeness (QED) is 0.763. The molecule has 1 aromatic carbocycles. The van der Waals surface area contributed by atoms with Gasteiger partial charge in [-0.05, 0) is 24.1 Å². The summed E-state index contributed by atoms with van der Waals surface area (Å²) in [5.41, 5.74) is 0.808. The Bertz CT molecular complexity index is 457. The smallest absolute Gasteiger partial charge is 0.212 e. The molecular formula is C8H7Cl2FO2S. The van der Waals surface area contributed by atoms with E-state index in [0.29, 0.717) is 5.56 Å². The maximum atomic E-state index is 13.0. The minimum atomic E-state index is -3.72. The minimum Gasteiger partial charge on any atom is -0.212 e. The molecule has 0 aromatic heterocycles. The summed E-state index contributed by atoms with van der Waals surface area (Å²) in [6, 6.07) is 2.64. The van der Waals surface area contributed by atoms with E-state index >= 15 is 0 Å². The molecule has 0 aliphatic heterocycles. The van der Waals surface area contributed by atoms with Gasteiger partial charge in [-0.2, -0.15) is 0 Å². The Balaban J connectivity index is 3.27. The van der Waals surface area contributed by atoms with Crippen molar-refractivity contribution < 1.29 is 12.8 Å². The van der Waals surface area contributed by atoms with Gasteiger partial charge in [0.15, 0.2) is 0 Å². The maximum absolute atomic E-state index is 13.0. The molecule has 1 rings (SSSR count). The third kappa shape index (κ3) is 2.83. The number of halogens is 3. The average molecular weight is 257 g/mol. The minimum absolute atomic E-state index is 0.186. The fourth-order valence-electron chi connectivity index (χ4n) is 1.04. The lowest BCUT2D eigenvalue weighted by atomic mass is 10.1. The number of hydrogen-bond donors (Lipinski definition) is 0. The number of rotatable bonds is 2. The summed E-state index contributed by atoms with van der Waals surface area (Å²) in [4.78, 5) is 0. The van der Waals surface area contributed by atoms with Crippen molar-refractivity contribution in [3.05, 3.63) is 34.1 Å². The van der Waals surface area contributed by atoms with Crippen LogP contribution in [0.1, 0.15) is 11.1 Å². The van der Waals surface area contributed by atoms with Crippen LogP contribution in [-0.4, -0.2) is 8.42 Å². The maximum Gasteiger partial charge on any atom is 0.236 e. The second-order valence-corrected chi connectivity index (χ2v) is 5.99. The Morgan fingerprint density at radius 3 is 2.50 bits per heavy atom. The zero-order valence-electron chi connectivity index (χ0n) is 7.22. The van der Waals surface area contributed by atoms with Crippen LogP contribution in [0.15, 0.2) is 12.1 Å². The second kappa shape index (κ2) is 4.04. The van der Waals surface area contributed by atoms with Gasteiger partial charge in [-0.15, -0.1) is 0 Å². The predicted molar refractivity (Wildman–Crippen MR) is 54.6 cm³/mol. The predicted octanol–water partition coefficient (Wildman–Crippen LogP) is 2.86. The summed E-state index contributed by atoms with van der Waals surface area (Å²) in [6.45, 7) is 1.64. The van der Waals surface area contributed by atoms with E-state index in [-0.39, 0.29) is 10.6 Å². The summed E-state index contributed by atoms with van der Waals surface area (Å²) >= 11 is 5.61. The van der Waals surface area contributed by atoms with Crippen LogP contribution in [0.4, 0.5) is 4.39 Å². The van der Waals surface area contributed by atoms with Crippen molar-refractivity contribution >= 4 is 31.3 Å². The van der Waals surface area contributed by atoms with Gasteiger partial charge in [0.2, 0.25) is 9.05 Å². The lowest BCUT2D eigenvalue weighted by molar-refractivity contribution is 0.607. The van der Waals surface area contributed by atoms with Crippen LogP contribution >= 0.6 is 22.3 Å². The molecule has 14 heavy (non-hydrogen) atoms. The molecule has 0 atom stereocenters. The number of benzene rings is 1. The van der Waals surface area contributed by atoms with Crippen LogP contribution in [0.3, 0.4) is 0 Å². The van der Waals surface area contributed by atoms with Crippen molar-refractivity contribution in [2.24, 2.45) is 0 Å². The molecule has 0 spiro atoms. The van der Waals surface area contributed by atoms with Crippen molar-refractivity contribution in [3.63, 3.8) is 0 Å². The third-order valence-electron chi connectivity index (χ3n) is 1.75. The van der Waals surface area contributed by atoms with E-state index in [1.165, 1.54) is 12.1 Å². The molecule has 0 saturated carbocycles. The molecule has 0 heterocycles. The molecule has 6 heteroatoms. The Labute approximate surface area is 91.1 Å². The fraction of sp³-hybridized carbons (Fsp3) is 0.250. The van der Waals surface area contributed by atoms with Gasteiger partial charge in [0.25, 0.3) is 0 Å². The van der Waals surface area contributed by atoms with Gasteiger partial charge in [-0.25, -0.2) is 12.8 Å². The van der Waals surface area contributed by atoms with Gasteiger partial charge < -0.3 is 0 Å². The van der Waals surface area contributed by atoms with E-state index in [9.17, 15) is 12.8 Å². The molecule has 0 N–H and O–H groups in total. The molecule has 1 aromatic rings. The van der Waals surface area contributed by atoms with Gasteiger partial charge in [0.1, 0.15) is 5.82 Å². The molecule has 0 aliphatic carbocycles. The average Bonchev–Trinajstić information content (AvgIpc) is 2.04. The van der Waals surface area contributed by atoms with E-state index in [1.54, 1.807) is 6.92 Å². The molecular weight excluding hydrogens is 250 g/mol. The molecule has 0 saturated heterocycles. The first-order chi connectivity index (χ1) is 6.31. The summed E-state index contributed by atoms with van der Waals surface area (Å²) in [5, 5.41) is -0.186. The SMILES string of the molecule is Cc1ccc(F)c(Cl)c1CS(=O)(=O)Cl. The molecule has 0 bridgehead atoms. The Morgan fingerprint density at radius 1 is 1.43 bits per heavy atom. The van der Waals surface area contributed by atoms with Crippen molar-refractivity contribution in [1.82, 2.24) is 0 Å². The zero-order chi connectivity index (χ0) is 10.9. The summed E-state index contributed by atoms with van der Waals surface area (Å²) in [5.74, 6) is -1.11. The molecule has 0 fully saturated rings. The van der Waals surface area contributed by atoms with E-state index in [0.717, 1.165) is 0 Å². The first kappa shape index (κ1) is 11.8. The normalized spacial score (nSPS) is 11.7.